The summed E-state index contributed by atoms with van der Waals surface area (Å²) in [7, 11) is 0. The van der Waals surface area contributed by atoms with Crippen LogP contribution in [0.15, 0.2) is 6.33 Å². The second-order valence-electron chi connectivity index (χ2n) is 5.68. The standard InChI is InChI=1S/C10H17N5/c1-10(2,3)14-4-7-8(5-14)9(7)15-6-11-12-13-15/h6-9H,4-5H2,1-3H3/t7-,8+,9?. The minimum absolute atomic E-state index is 0.304. The molecule has 82 valence electrons. The van der Waals surface area contributed by atoms with E-state index in [9.17, 15) is 0 Å². The molecule has 0 aromatic carbocycles. The summed E-state index contributed by atoms with van der Waals surface area (Å²) in [6.07, 6.45) is 1.74. The molecule has 2 aliphatic rings. The fourth-order valence-electron chi connectivity index (χ4n) is 2.74. The first-order valence-corrected chi connectivity index (χ1v) is 5.55. The molecule has 1 aromatic heterocycles. The smallest absolute Gasteiger partial charge is 0.138 e. The highest BCUT2D eigenvalue weighted by atomic mass is 15.5. The molecular formula is C10H17N5. The van der Waals surface area contributed by atoms with Gasteiger partial charge in [-0.05, 0) is 31.2 Å². The number of hydrogen-bond acceptors (Lipinski definition) is 4. The van der Waals surface area contributed by atoms with E-state index in [0.29, 0.717) is 11.6 Å². The molecule has 0 amide bonds. The van der Waals surface area contributed by atoms with E-state index in [4.69, 9.17) is 0 Å². The Kier molecular flexibility index (Phi) is 1.72. The van der Waals surface area contributed by atoms with Crippen molar-refractivity contribution in [1.29, 1.82) is 0 Å². The number of nitrogens with zero attached hydrogens (tertiary/aromatic N) is 5. The minimum atomic E-state index is 0.304. The molecule has 2 heterocycles. The minimum Gasteiger partial charge on any atom is -0.298 e. The molecule has 3 atom stereocenters. The van der Waals surface area contributed by atoms with Crippen molar-refractivity contribution in [1.82, 2.24) is 25.1 Å². The van der Waals surface area contributed by atoms with Crippen LogP contribution in [0.4, 0.5) is 0 Å². The first-order chi connectivity index (χ1) is 7.07. The van der Waals surface area contributed by atoms with Gasteiger partial charge in [-0.1, -0.05) is 0 Å². The average Bonchev–Trinajstić information content (AvgIpc) is 2.63. The Morgan fingerprint density at radius 3 is 2.33 bits per heavy atom. The highest BCUT2D eigenvalue weighted by Gasteiger charge is 2.58. The van der Waals surface area contributed by atoms with Crippen molar-refractivity contribution < 1.29 is 0 Å². The second-order valence-corrected chi connectivity index (χ2v) is 5.68. The van der Waals surface area contributed by atoms with Gasteiger partial charge >= 0.3 is 0 Å². The Hall–Kier alpha value is -0.970. The molecule has 1 saturated heterocycles. The summed E-state index contributed by atoms with van der Waals surface area (Å²) in [5, 5.41) is 11.4. The zero-order valence-electron chi connectivity index (χ0n) is 9.46. The van der Waals surface area contributed by atoms with Crippen molar-refractivity contribution >= 4 is 0 Å². The molecule has 1 unspecified atom stereocenters. The van der Waals surface area contributed by atoms with Crippen LogP contribution in [0.25, 0.3) is 0 Å². The topological polar surface area (TPSA) is 46.8 Å². The molecular weight excluding hydrogens is 190 g/mol. The van der Waals surface area contributed by atoms with Gasteiger partial charge in [0.25, 0.3) is 0 Å². The van der Waals surface area contributed by atoms with Crippen LogP contribution in [-0.2, 0) is 0 Å². The predicted molar refractivity (Wildman–Crippen MR) is 55.2 cm³/mol. The zero-order valence-corrected chi connectivity index (χ0v) is 9.46. The van der Waals surface area contributed by atoms with E-state index < -0.39 is 0 Å². The lowest BCUT2D eigenvalue weighted by Crippen LogP contribution is -2.41. The van der Waals surface area contributed by atoms with Gasteiger partial charge in [-0.2, -0.15) is 0 Å². The fourth-order valence-corrected chi connectivity index (χ4v) is 2.74. The Bertz CT molecular complexity index is 340. The van der Waals surface area contributed by atoms with Gasteiger partial charge in [0.1, 0.15) is 6.33 Å². The fraction of sp³-hybridized carbons (Fsp3) is 0.900. The quantitative estimate of drug-likeness (QED) is 0.675. The maximum Gasteiger partial charge on any atom is 0.138 e. The summed E-state index contributed by atoms with van der Waals surface area (Å²) < 4.78 is 1.93. The van der Waals surface area contributed by atoms with Gasteiger partial charge in [-0.15, -0.1) is 5.10 Å². The molecule has 1 aliphatic heterocycles. The van der Waals surface area contributed by atoms with E-state index >= 15 is 0 Å². The molecule has 1 aromatic rings. The molecule has 1 aliphatic carbocycles. The summed E-state index contributed by atoms with van der Waals surface area (Å²) in [4.78, 5) is 2.56. The monoisotopic (exact) mass is 207 g/mol. The van der Waals surface area contributed by atoms with E-state index in [-0.39, 0.29) is 0 Å². The van der Waals surface area contributed by atoms with Crippen LogP contribution >= 0.6 is 0 Å². The predicted octanol–water partition coefficient (Wildman–Crippen LogP) is 0.574. The van der Waals surface area contributed by atoms with Crippen molar-refractivity contribution in [2.24, 2.45) is 11.8 Å². The summed E-state index contributed by atoms with van der Waals surface area (Å²) >= 11 is 0. The van der Waals surface area contributed by atoms with Crippen LogP contribution in [0.3, 0.4) is 0 Å². The van der Waals surface area contributed by atoms with E-state index in [2.05, 4.69) is 41.2 Å². The van der Waals surface area contributed by atoms with Crippen molar-refractivity contribution in [3.63, 3.8) is 0 Å². The maximum atomic E-state index is 3.98. The van der Waals surface area contributed by atoms with Gasteiger partial charge in [0.15, 0.2) is 0 Å². The molecule has 0 spiro atoms. The lowest BCUT2D eigenvalue weighted by molar-refractivity contribution is 0.146. The first-order valence-electron chi connectivity index (χ1n) is 5.55. The van der Waals surface area contributed by atoms with Gasteiger partial charge in [0.05, 0.1) is 6.04 Å². The summed E-state index contributed by atoms with van der Waals surface area (Å²) in [5.74, 6) is 1.54. The Balaban J connectivity index is 1.67. The van der Waals surface area contributed by atoms with Gasteiger partial charge in [-0.3, -0.25) is 4.90 Å². The lowest BCUT2D eigenvalue weighted by Gasteiger charge is -2.33. The third kappa shape index (κ3) is 1.37. The molecule has 5 heteroatoms. The van der Waals surface area contributed by atoms with E-state index in [1.807, 2.05) is 4.68 Å². The van der Waals surface area contributed by atoms with Crippen LogP contribution in [0.2, 0.25) is 0 Å². The number of aromatic nitrogens is 4. The van der Waals surface area contributed by atoms with Gasteiger partial charge in [-0.25, -0.2) is 4.68 Å². The number of likely N-dealkylation sites (tertiary alicyclic amines) is 1. The van der Waals surface area contributed by atoms with Crippen molar-refractivity contribution in [2.75, 3.05) is 13.1 Å². The molecule has 5 nitrogen and oxygen atoms in total. The van der Waals surface area contributed by atoms with Crippen molar-refractivity contribution in [3.05, 3.63) is 6.33 Å². The molecule has 0 N–H and O–H groups in total. The Labute approximate surface area is 89.4 Å². The Morgan fingerprint density at radius 2 is 1.87 bits per heavy atom. The molecule has 0 bridgehead atoms. The second kappa shape index (κ2) is 2.78. The largest absolute Gasteiger partial charge is 0.298 e. The van der Waals surface area contributed by atoms with Crippen molar-refractivity contribution in [2.45, 2.75) is 32.4 Å². The number of piperidine rings is 1. The number of fused-ring (bicyclic) bond motifs is 1. The van der Waals surface area contributed by atoms with Crippen LogP contribution in [0, 0.1) is 11.8 Å². The van der Waals surface area contributed by atoms with E-state index in [1.54, 1.807) is 6.33 Å². The molecule has 0 radical (unpaired) electrons. The average molecular weight is 207 g/mol. The summed E-state index contributed by atoms with van der Waals surface area (Å²) in [5.41, 5.74) is 0.304. The van der Waals surface area contributed by atoms with Gasteiger partial charge in [0, 0.05) is 30.5 Å². The van der Waals surface area contributed by atoms with Gasteiger partial charge in [0.2, 0.25) is 0 Å². The normalized spacial score (nSPS) is 35.5. The third-order valence-corrected chi connectivity index (χ3v) is 3.77. The van der Waals surface area contributed by atoms with Crippen LogP contribution < -0.4 is 0 Å². The number of tetrazole rings is 1. The molecule has 2 fully saturated rings. The highest BCUT2D eigenvalue weighted by molar-refractivity contribution is 5.09. The maximum absolute atomic E-state index is 3.98. The molecule has 1 saturated carbocycles. The van der Waals surface area contributed by atoms with Crippen molar-refractivity contribution in [3.8, 4) is 0 Å². The summed E-state index contributed by atoms with van der Waals surface area (Å²) in [6, 6.07) is 0.568. The van der Waals surface area contributed by atoms with Gasteiger partial charge < -0.3 is 0 Å². The molecule has 3 rings (SSSR count). The van der Waals surface area contributed by atoms with Crippen LogP contribution in [0.5, 0.6) is 0 Å². The SMILES string of the molecule is CC(C)(C)N1C[C@@H]2C(n3cnnn3)[C@@H]2C1. The Morgan fingerprint density at radius 1 is 1.20 bits per heavy atom. The van der Waals surface area contributed by atoms with Crippen LogP contribution in [0.1, 0.15) is 26.8 Å². The first kappa shape index (κ1) is 9.27. The lowest BCUT2D eigenvalue weighted by atomic mass is 10.1. The third-order valence-electron chi connectivity index (χ3n) is 3.77. The molecule has 15 heavy (non-hydrogen) atoms. The van der Waals surface area contributed by atoms with Crippen LogP contribution in [-0.4, -0.2) is 43.7 Å². The van der Waals surface area contributed by atoms with E-state index in [0.717, 1.165) is 11.8 Å². The number of rotatable bonds is 1. The summed E-state index contributed by atoms with van der Waals surface area (Å²) in [6.45, 7) is 9.23. The van der Waals surface area contributed by atoms with E-state index in [1.165, 1.54) is 13.1 Å². The highest BCUT2D eigenvalue weighted by Crippen LogP contribution is 2.55. The number of hydrogen-bond donors (Lipinski definition) is 0. The zero-order chi connectivity index (χ0) is 10.6.